The van der Waals surface area contributed by atoms with Gasteiger partial charge in [0.15, 0.2) is 0 Å². The molecule has 0 saturated heterocycles. The number of aliphatic hydroxyl groups is 2. The van der Waals surface area contributed by atoms with Crippen LogP contribution in [0.1, 0.15) is 11.1 Å². The van der Waals surface area contributed by atoms with Crippen LogP contribution in [0.5, 0.6) is 0 Å². The summed E-state index contributed by atoms with van der Waals surface area (Å²) in [6, 6.07) is 2.85. The van der Waals surface area contributed by atoms with Gasteiger partial charge in [-0.05, 0) is 45.6 Å². The van der Waals surface area contributed by atoms with Crippen molar-refractivity contribution in [3.8, 4) is 0 Å². The van der Waals surface area contributed by atoms with Crippen molar-refractivity contribution in [1.29, 1.82) is 0 Å². The molecule has 1 rings (SSSR count). The first kappa shape index (κ1) is 10.6. The molecule has 0 saturated carbocycles. The van der Waals surface area contributed by atoms with Crippen molar-refractivity contribution in [2.45, 2.75) is 13.0 Å². The zero-order valence-corrected chi connectivity index (χ0v) is 8.51. The van der Waals surface area contributed by atoms with Crippen LogP contribution in [0.2, 0.25) is 0 Å². The Kier molecular flexibility index (Phi) is 3.84. The van der Waals surface area contributed by atoms with Crippen molar-refractivity contribution in [1.82, 2.24) is 0 Å². The van der Waals surface area contributed by atoms with E-state index < -0.39 is 5.82 Å². The zero-order chi connectivity index (χ0) is 9.84. The number of aliphatic hydroxyl groups excluding tert-OH is 2. The normalized spacial score (nSPS) is 10.5. The summed E-state index contributed by atoms with van der Waals surface area (Å²) in [5, 5.41) is 17.6. The van der Waals surface area contributed by atoms with Crippen LogP contribution in [0.3, 0.4) is 0 Å². The van der Waals surface area contributed by atoms with E-state index in [9.17, 15) is 4.39 Å². The molecule has 0 unspecified atom stereocenters. The van der Waals surface area contributed by atoms with Gasteiger partial charge in [-0.25, -0.2) is 4.39 Å². The second-order valence-corrected chi connectivity index (χ2v) is 3.52. The maximum atomic E-state index is 13.0. The summed E-state index contributed by atoms with van der Waals surface area (Å²) < 4.78 is 13.3. The number of halogens is 2. The molecule has 1 aromatic carbocycles. The highest BCUT2D eigenvalue weighted by molar-refractivity contribution is 9.10. The van der Waals surface area contributed by atoms with Crippen LogP contribution >= 0.6 is 15.9 Å². The molecule has 0 spiro atoms. The first-order valence-corrected chi connectivity index (χ1v) is 4.67. The second-order valence-electron chi connectivity index (χ2n) is 2.67. The summed E-state index contributed by atoms with van der Waals surface area (Å²) in [6.45, 7) is -0.218. The van der Waals surface area contributed by atoms with Crippen LogP contribution in [0.25, 0.3) is 0 Å². The lowest BCUT2D eigenvalue weighted by Gasteiger charge is -2.07. The molecule has 0 bridgehead atoms. The molecule has 0 fully saturated rings. The minimum absolute atomic E-state index is 0.00886. The fraction of sp³-hybridized carbons (Fsp3) is 0.333. The summed E-state index contributed by atoms with van der Waals surface area (Å²) in [7, 11) is 0. The van der Waals surface area contributed by atoms with Gasteiger partial charge < -0.3 is 10.2 Å². The Morgan fingerprint density at radius 3 is 2.46 bits per heavy atom. The first-order chi connectivity index (χ1) is 6.19. The maximum absolute atomic E-state index is 13.0. The van der Waals surface area contributed by atoms with Crippen molar-refractivity contribution >= 4 is 15.9 Å². The quantitative estimate of drug-likeness (QED) is 0.854. The van der Waals surface area contributed by atoms with E-state index in [4.69, 9.17) is 10.2 Å². The molecule has 1 aromatic rings. The van der Waals surface area contributed by atoms with Gasteiger partial charge in [0.25, 0.3) is 0 Å². The van der Waals surface area contributed by atoms with Crippen molar-refractivity contribution in [3.05, 3.63) is 33.5 Å². The Labute approximate surface area is 84.1 Å². The molecule has 0 aromatic heterocycles. The summed E-state index contributed by atoms with van der Waals surface area (Å²) in [5.41, 5.74) is 1.29. The van der Waals surface area contributed by atoms with E-state index in [-0.39, 0.29) is 13.2 Å². The standard InChI is InChI=1S/C9H10BrFO2/c10-8-3-6(1-2-12)7(5-13)4-9(8)11/h3-4,12-13H,1-2,5H2. The van der Waals surface area contributed by atoms with E-state index in [1.54, 1.807) is 6.07 Å². The van der Waals surface area contributed by atoms with E-state index in [1.807, 2.05) is 0 Å². The predicted octanol–water partition coefficient (Wildman–Crippen LogP) is 1.62. The lowest BCUT2D eigenvalue weighted by Crippen LogP contribution is -1.99. The number of hydrogen-bond donors (Lipinski definition) is 2. The molecule has 0 aliphatic rings. The van der Waals surface area contributed by atoms with Gasteiger partial charge in [0, 0.05) is 6.61 Å². The van der Waals surface area contributed by atoms with E-state index >= 15 is 0 Å². The Bertz CT molecular complexity index is 302. The van der Waals surface area contributed by atoms with Crippen molar-refractivity contribution in [2.24, 2.45) is 0 Å². The minimum atomic E-state index is -0.397. The van der Waals surface area contributed by atoms with Gasteiger partial charge in [-0.1, -0.05) is 0 Å². The summed E-state index contributed by atoms with van der Waals surface area (Å²) in [6.07, 6.45) is 0.425. The smallest absolute Gasteiger partial charge is 0.137 e. The molecular weight excluding hydrogens is 239 g/mol. The van der Waals surface area contributed by atoms with Gasteiger partial charge in [0.2, 0.25) is 0 Å². The Balaban J connectivity index is 3.09. The molecule has 4 heteroatoms. The molecule has 13 heavy (non-hydrogen) atoms. The number of rotatable bonds is 3. The third-order valence-electron chi connectivity index (χ3n) is 1.79. The highest BCUT2D eigenvalue weighted by Crippen LogP contribution is 2.21. The molecule has 0 atom stereocenters. The van der Waals surface area contributed by atoms with Gasteiger partial charge >= 0.3 is 0 Å². The first-order valence-electron chi connectivity index (χ1n) is 3.87. The molecule has 0 amide bonds. The Morgan fingerprint density at radius 2 is 1.92 bits per heavy atom. The SMILES string of the molecule is OCCc1cc(Br)c(F)cc1CO. The molecular formula is C9H10BrFO2. The highest BCUT2D eigenvalue weighted by Gasteiger charge is 2.06. The largest absolute Gasteiger partial charge is 0.396 e. The van der Waals surface area contributed by atoms with Gasteiger partial charge in [0.05, 0.1) is 11.1 Å². The van der Waals surface area contributed by atoms with Gasteiger partial charge in [-0.15, -0.1) is 0 Å². The average Bonchev–Trinajstić information content (AvgIpc) is 2.11. The van der Waals surface area contributed by atoms with E-state index in [2.05, 4.69) is 15.9 Å². The Morgan fingerprint density at radius 1 is 1.23 bits per heavy atom. The van der Waals surface area contributed by atoms with E-state index in [0.717, 1.165) is 5.56 Å². The minimum Gasteiger partial charge on any atom is -0.396 e. The molecule has 0 heterocycles. The van der Waals surface area contributed by atoms with Gasteiger partial charge in [-0.2, -0.15) is 0 Å². The third kappa shape index (κ3) is 2.49. The summed E-state index contributed by atoms with van der Waals surface area (Å²) in [4.78, 5) is 0. The monoisotopic (exact) mass is 248 g/mol. The van der Waals surface area contributed by atoms with Crippen molar-refractivity contribution < 1.29 is 14.6 Å². The summed E-state index contributed by atoms with van der Waals surface area (Å²) >= 11 is 3.04. The zero-order valence-electron chi connectivity index (χ0n) is 6.93. The second kappa shape index (κ2) is 4.69. The molecule has 72 valence electrons. The van der Waals surface area contributed by atoms with Crippen LogP contribution in [-0.4, -0.2) is 16.8 Å². The molecule has 2 nitrogen and oxygen atoms in total. The fourth-order valence-corrected chi connectivity index (χ4v) is 1.52. The lowest BCUT2D eigenvalue weighted by molar-refractivity contribution is 0.275. The lowest BCUT2D eigenvalue weighted by atomic mass is 10.1. The van der Waals surface area contributed by atoms with Gasteiger partial charge in [-0.3, -0.25) is 0 Å². The van der Waals surface area contributed by atoms with E-state index in [1.165, 1.54) is 6.07 Å². The number of benzene rings is 1. The maximum Gasteiger partial charge on any atom is 0.137 e. The van der Waals surface area contributed by atoms with Crippen molar-refractivity contribution in [2.75, 3.05) is 6.61 Å². The van der Waals surface area contributed by atoms with E-state index in [0.29, 0.717) is 16.5 Å². The average molecular weight is 249 g/mol. The fourth-order valence-electron chi connectivity index (χ4n) is 1.13. The highest BCUT2D eigenvalue weighted by atomic mass is 79.9. The topological polar surface area (TPSA) is 40.5 Å². The number of hydrogen-bond acceptors (Lipinski definition) is 2. The van der Waals surface area contributed by atoms with Crippen LogP contribution in [-0.2, 0) is 13.0 Å². The Hall–Kier alpha value is -0.450. The van der Waals surface area contributed by atoms with Crippen molar-refractivity contribution in [3.63, 3.8) is 0 Å². The third-order valence-corrected chi connectivity index (χ3v) is 2.40. The molecule has 0 aliphatic carbocycles. The predicted molar refractivity (Wildman–Crippen MR) is 50.8 cm³/mol. The molecule has 0 aliphatic heterocycles. The summed E-state index contributed by atoms with van der Waals surface area (Å²) in [5.74, 6) is -0.397. The van der Waals surface area contributed by atoms with Crippen LogP contribution in [0, 0.1) is 5.82 Å². The molecule has 0 radical (unpaired) electrons. The van der Waals surface area contributed by atoms with Crippen LogP contribution in [0.4, 0.5) is 4.39 Å². The van der Waals surface area contributed by atoms with Crippen LogP contribution < -0.4 is 0 Å². The van der Waals surface area contributed by atoms with Crippen LogP contribution in [0.15, 0.2) is 16.6 Å². The molecule has 2 N–H and O–H groups in total. The van der Waals surface area contributed by atoms with Gasteiger partial charge in [0.1, 0.15) is 5.82 Å².